The number of amidine groups is 1. The number of ether oxygens (including phenoxy) is 2. The van der Waals surface area contributed by atoms with Gasteiger partial charge in [-0.15, -0.1) is 0 Å². The molecule has 5 nitrogen and oxygen atoms in total. The maximum absolute atomic E-state index is 13.8. The number of thioether (sulfide) groups is 1. The van der Waals surface area contributed by atoms with Crippen molar-refractivity contribution in [2.24, 2.45) is 10.9 Å². The van der Waals surface area contributed by atoms with Crippen molar-refractivity contribution < 1.29 is 14.3 Å². The molecule has 0 N–H and O–H groups in total. The van der Waals surface area contributed by atoms with Gasteiger partial charge < -0.3 is 9.47 Å². The lowest BCUT2D eigenvalue weighted by molar-refractivity contribution is -0.124. The molecule has 0 unspecified atom stereocenters. The molecule has 0 aromatic heterocycles. The van der Waals surface area contributed by atoms with Crippen LogP contribution in [0.4, 0.5) is 5.69 Å². The van der Waals surface area contributed by atoms with E-state index in [9.17, 15) is 4.79 Å². The first-order valence-corrected chi connectivity index (χ1v) is 14.6. The Morgan fingerprint density at radius 2 is 1.79 bits per heavy atom. The van der Waals surface area contributed by atoms with E-state index in [1.807, 2.05) is 71.6 Å². The molecule has 0 spiro atoms. The number of hydrogen-bond donors (Lipinski definition) is 0. The van der Waals surface area contributed by atoms with Gasteiger partial charge in [-0.3, -0.25) is 9.69 Å². The Morgan fingerprint density at radius 3 is 2.51 bits per heavy atom. The summed E-state index contributed by atoms with van der Waals surface area (Å²) in [7, 11) is 1.57. The van der Waals surface area contributed by atoms with Crippen LogP contribution >= 0.6 is 35.0 Å². The quantitative estimate of drug-likeness (QED) is 0.262. The summed E-state index contributed by atoms with van der Waals surface area (Å²) in [6, 6.07) is 21.0. The molecule has 1 saturated heterocycles. The normalized spacial score (nSPS) is 21.5. The molecule has 0 radical (unpaired) electrons. The lowest BCUT2D eigenvalue weighted by Crippen LogP contribution is -2.44. The maximum atomic E-state index is 13.8. The number of nitrogens with zero attached hydrogens (tertiary/aromatic N) is 2. The Kier molecular flexibility index (Phi) is 8.85. The number of amides is 1. The molecule has 2 aliphatic rings. The van der Waals surface area contributed by atoms with Crippen LogP contribution in [0.15, 0.2) is 76.6 Å². The molecular formula is C31H30Cl2N2O3S. The van der Waals surface area contributed by atoms with Crippen LogP contribution in [0.3, 0.4) is 0 Å². The standard InChI is InChI=1S/C31H30Cl2N2O3S/c1-20-8-6-7-11-26(20)35-30(36)28(39-31(35)34-24-9-4-3-5-10-24)18-22-16-25(33)29(27(17-22)37-2)38-19-21-12-14-23(32)15-13-21/h3-5,9-10,12-18,20,26H,6-8,11,19H2,1-2H3/b28-18-,34-31?/t20-,26-/m1/s1. The highest BCUT2D eigenvalue weighted by Gasteiger charge is 2.41. The largest absolute Gasteiger partial charge is 0.493 e. The van der Waals surface area contributed by atoms with Crippen LogP contribution in [0.1, 0.15) is 43.7 Å². The number of methoxy groups -OCH3 is 1. The highest BCUT2D eigenvalue weighted by atomic mass is 35.5. The van der Waals surface area contributed by atoms with Gasteiger partial charge in [0.25, 0.3) is 5.91 Å². The predicted octanol–water partition coefficient (Wildman–Crippen LogP) is 8.76. The van der Waals surface area contributed by atoms with E-state index in [1.54, 1.807) is 13.2 Å². The van der Waals surface area contributed by atoms with Crippen molar-refractivity contribution in [3.63, 3.8) is 0 Å². The molecule has 2 atom stereocenters. The van der Waals surface area contributed by atoms with Gasteiger partial charge >= 0.3 is 0 Å². The molecular weight excluding hydrogens is 551 g/mol. The molecule has 1 amide bonds. The van der Waals surface area contributed by atoms with Crippen LogP contribution in [0, 0.1) is 5.92 Å². The van der Waals surface area contributed by atoms with Gasteiger partial charge in [0.15, 0.2) is 16.7 Å². The maximum Gasteiger partial charge on any atom is 0.267 e. The van der Waals surface area contributed by atoms with Gasteiger partial charge in [0.2, 0.25) is 0 Å². The Bertz CT molecular complexity index is 1390. The molecule has 1 saturated carbocycles. The fourth-order valence-electron chi connectivity index (χ4n) is 5.00. The Morgan fingerprint density at radius 1 is 1.05 bits per heavy atom. The summed E-state index contributed by atoms with van der Waals surface area (Å²) in [4.78, 5) is 21.2. The van der Waals surface area contributed by atoms with Gasteiger partial charge in [-0.25, -0.2) is 4.99 Å². The number of carbonyl (C=O) groups is 1. The average molecular weight is 582 g/mol. The highest BCUT2D eigenvalue weighted by molar-refractivity contribution is 8.18. The van der Waals surface area contributed by atoms with Crippen LogP contribution in [-0.2, 0) is 11.4 Å². The van der Waals surface area contributed by atoms with Crippen molar-refractivity contribution in [1.29, 1.82) is 0 Å². The molecule has 5 rings (SSSR count). The van der Waals surface area contributed by atoms with Gasteiger partial charge in [0, 0.05) is 11.1 Å². The first-order valence-electron chi connectivity index (χ1n) is 13.0. The molecule has 39 heavy (non-hydrogen) atoms. The van der Waals surface area contributed by atoms with Crippen molar-refractivity contribution in [3.05, 3.63) is 92.8 Å². The Balaban J connectivity index is 1.44. The van der Waals surface area contributed by atoms with Crippen molar-refractivity contribution in [2.45, 2.75) is 45.3 Å². The zero-order valence-corrected chi connectivity index (χ0v) is 24.2. The summed E-state index contributed by atoms with van der Waals surface area (Å²) in [5.74, 6) is 1.34. The minimum Gasteiger partial charge on any atom is -0.493 e. The number of carbonyl (C=O) groups excluding carboxylic acids is 1. The SMILES string of the molecule is COc1cc(/C=C2\SC(=Nc3ccccc3)N([C@@H]3CCCC[C@H]3C)C2=O)cc(Cl)c1OCc1ccc(Cl)cc1. The first-order chi connectivity index (χ1) is 18.9. The zero-order chi connectivity index (χ0) is 27.4. The second-order valence-corrected chi connectivity index (χ2v) is 11.6. The van der Waals surface area contributed by atoms with Crippen LogP contribution in [0.5, 0.6) is 11.5 Å². The minimum absolute atomic E-state index is 0.0217. The summed E-state index contributed by atoms with van der Waals surface area (Å²) in [6.45, 7) is 2.55. The average Bonchev–Trinajstić information content (AvgIpc) is 3.23. The third-order valence-electron chi connectivity index (χ3n) is 7.06. The van der Waals surface area contributed by atoms with Crippen LogP contribution in [-0.4, -0.2) is 29.1 Å². The molecule has 0 bridgehead atoms. The molecule has 1 aliphatic heterocycles. The van der Waals surface area contributed by atoms with Gasteiger partial charge in [-0.05, 0) is 84.1 Å². The second kappa shape index (κ2) is 12.5. The van der Waals surface area contributed by atoms with E-state index < -0.39 is 0 Å². The van der Waals surface area contributed by atoms with Gasteiger partial charge in [-0.1, -0.05) is 73.3 Å². The monoisotopic (exact) mass is 580 g/mol. The topological polar surface area (TPSA) is 51.1 Å². The third kappa shape index (κ3) is 6.46. The highest BCUT2D eigenvalue weighted by Crippen LogP contribution is 2.42. The number of para-hydroxylation sites is 1. The van der Waals surface area contributed by atoms with E-state index in [4.69, 9.17) is 37.7 Å². The second-order valence-electron chi connectivity index (χ2n) is 9.79. The van der Waals surface area contributed by atoms with Crippen molar-refractivity contribution in [1.82, 2.24) is 4.90 Å². The van der Waals surface area contributed by atoms with Crippen molar-refractivity contribution in [2.75, 3.05) is 7.11 Å². The van der Waals surface area contributed by atoms with E-state index in [0.29, 0.717) is 39.0 Å². The lowest BCUT2D eigenvalue weighted by atomic mass is 9.85. The first kappa shape index (κ1) is 27.6. The fraction of sp³-hybridized carbons (Fsp3) is 0.290. The van der Waals surface area contributed by atoms with Gasteiger partial charge in [0.05, 0.1) is 22.7 Å². The van der Waals surface area contributed by atoms with Crippen molar-refractivity contribution >= 4 is 57.8 Å². The third-order valence-corrected chi connectivity index (χ3v) is 8.58. The summed E-state index contributed by atoms with van der Waals surface area (Å²) in [6.07, 6.45) is 6.27. The van der Waals surface area contributed by atoms with Gasteiger partial charge in [0.1, 0.15) is 6.61 Å². The van der Waals surface area contributed by atoms with Crippen molar-refractivity contribution in [3.8, 4) is 11.5 Å². The van der Waals surface area contributed by atoms with E-state index in [0.717, 1.165) is 41.2 Å². The Labute approximate surface area is 243 Å². The molecule has 8 heteroatoms. The summed E-state index contributed by atoms with van der Waals surface area (Å²) >= 11 is 14.0. The minimum atomic E-state index is -0.0217. The molecule has 202 valence electrons. The number of hydrogen-bond acceptors (Lipinski definition) is 5. The Hall–Kier alpha value is -2.93. The van der Waals surface area contributed by atoms with Gasteiger partial charge in [-0.2, -0.15) is 0 Å². The van der Waals surface area contributed by atoms with E-state index in [2.05, 4.69) is 6.92 Å². The smallest absolute Gasteiger partial charge is 0.267 e. The number of halogens is 2. The van der Waals surface area contributed by atoms with E-state index >= 15 is 0 Å². The fourth-order valence-corrected chi connectivity index (χ4v) is 6.45. The van der Waals surface area contributed by atoms with E-state index in [1.165, 1.54) is 18.2 Å². The number of rotatable bonds is 7. The zero-order valence-electron chi connectivity index (χ0n) is 21.9. The van der Waals surface area contributed by atoms with E-state index in [-0.39, 0.29) is 11.9 Å². The van der Waals surface area contributed by atoms with Crippen LogP contribution in [0.2, 0.25) is 10.0 Å². The number of aliphatic imine (C=N–C) groups is 1. The molecule has 2 fully saturated rings. The van der Waals surface area contributed by atoms with Crippen LogP contribution < -0.4 is 9.47 Å². The van der Waals surface area contributed by atoms with Crippen LogP contribution in [0.25, 0.3) is 6.08 Å². The summed E-state index contributed by atoms with van der Waals surface area (Å²) in [5.41, 5.74) is 2.54. The summed E-state index contributed by atoms with van der Waals surface area (Å²) in [5, 5.41) is 1.79. The molecule has 1 heterocycles. The lowest BCUT2D eigenvalue weighted by Gasteiger charge is -2.35. The predicted molar refractivity (Wildman–Crippen MR) is 161 cm³/mol. The molecule has 3 aromatic rings. The number of benzene rings is 3. The summed E-state index contributed by atoms with van der Waals surface area (Å²) < 4.78 is 11.6. The molecule has 1 aliphatic carbocycles. The molecule has 3 aromatic carbocycles.